The maximum Gasteiger partial charge on any atom is 0.227 e. The summed E-state index contributed by atoms with van der Waals surface area (Å²) >= 11 is 12.7. The zero-order chi connectivity index (χ0) is 35.7. The highest BCUT2D eigenvalue weighted by Gasteiger charge is 2.39. The highest BCUT2D eigenvalue weighted by Crippen LogP contribution is 2.49. The largest absolute Gasteiger partial charge is 0.493 e. The molecule has 0 aliphatic carbocycles. The van der Waals surface area contributed by atoms with Crippen LogP contribution in [0.25, 0.3) is 5.57 Å². The Morgan fingerprint density at radius 2 is 1.53 bits per heavy atom. The van der Waals surface area contributed by atoms with E-state index >= 15 is 0 Å². The first kappa shape index (κ1) is 38.5. The van der Waals surface area contributed by atoms with Gasteiger partial charge in [-0.2, -0.15) is 5.26 Å². The average Bonchev–Trinajstić information content (AvgIpc) is 3.10. The monoisotopic (exact) mass is 723 g/mol. The maximum absolute atomic E-state index is 14.3. The number of hydrogen-bond acceptors (Lipinski definition) is 6. The standard InChI is InChI=1S/C39H47Cl2N3O4S/c1-7-47-36-24-35(37(48-8-2)23-30(36)26-42)34(25-38(45)44-19-17-43(18-20-44)21-22-49(6)46)28(4)39(5,31-11-15-33(41)16-12-31)27(3)29-9-13-32(40)14-10-29/h9-16,23-24,27H,7-8,17-22,25H2,1-6H3/b34-28+/t27?,39-,49?/m0/s1. The number of carbonyl (C=O) groups is 1. The summed E-state index contributed by atoms with van der Waals surface area (Å²) in [6.45, 7) is 14.4. The summed E-state index contributed by atoms with van der Waals surface area (Å²) in [6, 6.07) is 21.6. The maximum atomic E-state index is 14.3. The first-order valence-corrected chi connectivity index (χ1v) is 19.3. The molecule has 3 aromatic carbocycles. The molecule has 7 nitrogen and oxygen atoms in total. The number of carbonyl (C=O) groups excluding carboxylic acids is 1. The van der Waals surface area contributed by atoms with Crippen molar-refractivity contribution < 1.29 is 18.5 Å². The van der Waals surface area contributed by atoms with Crippen LogP contribution >= 0.6 is 23.2 Å². The van der Waals surface area contributed by atoms with Crippen LogP contribution in [-0.2, 0) is 21.0 Å². The Labute approximate surface area is 304 Å². The summed E-state index contributed by atoms with van der Waals surface area (Å²) in [4.78, 5) is 18.5. The van der Waals surface area contributed by atoms with Gasteiger partial charge in [0.05, 0.1) is 25.2 Å². The smallest absolute Gasteiger partial charge is 0.227 e. The predicted octanol–water partition coefficient (Wildman–Crippen LogP) is 8.11. The van der Waals surface area contributed by atoms with Crippen LogP contribution in [0.3, 0.4) is 0 Å². The van der Waals surface area contributed by atoms with Gasteiger partial charge in [0.15, 0.2) is 0 Å². The average molecular weight is 725 g/mol. The van der Waals surface area contributed by atoms with Crippen molar-refractivity contribution in [3.05, 3.63) is 98.5 Å². The molecule has 2 unspecified atom stereocenters. The third-order valence-electron chi connectivity index (χ3n) is 9.79. The highest BCUT2D eigenvalue weighted by atomic mass is 35.5. The molecule has 1 aliphatic rings. The summed E-state index contributed by atoms with van der Waals surface area (Å²) in [6.07, 6.45) is 1.84. The number of benzene rings is 3. The highest BCUT2D eigenvalue weighted by molar-refractivity contribution is 7.84. The second-order valence-corrected chi connectivity index (χ2v) is 15.0. The van der Waals surface area contributed by atoms with Crippen LogP contribution in [0.15, 0.2) is 66.2 Å². The topological polar surface area (TPSA) is 82.9 Å². The molecule has 0 bridgehead atoms. The molecular formula is C39H47Cl2N3O4S. The molecule has 1 saturated heterocycles. The van der Waals surface area contributed by atoms with Crippen LogP contribution < -0.4 is 9.47 Å². The third-order valence-corrected chi connectivity index (χ3v) is 11.0. The van der Waals surface area contributed by atoms with Crippen LogP contribution in [0.4, 0.5) is 0 Å². The molecular weight excluding hydrogens is 677 g/mol. The Balaban J connectivity index is 1.92. The molecule has 10 heteroatoms. The fraction of sp³-hybridized carbons (Fsp3) is 0.436. The zero-order valence-corrected chi connectivity index (χ0v) is 31.7. The van der Waals surface area contributed by atoms with Crippen molar-refractivity contribution >= 4 is 45.5 Å². The predicted molar refractivity (Wildman–Crippen MR) is 201 cm³/mol. The Morgan fingerprint density at radius 1 is 0.959 bits per heavy atom. The van der Waals surface area contributed by atoms with Gasteiger partial charge < -0.3 is 14.4 Å². The molecule has 4 rings (SSSR count). The van der Waals surface area contributed by atoms with Crippen LogP contribution in [0.2, 0.25) is 10.0 Å². The van der Waals surface area contributed by atoms with Crippen molar-refractivity contribution in [3.63, 3.8) is 0 Å². The number of amides is 1. The Kier molecular flexibility index (Phi) is 13.8. The van der Waals surface area contributed by atoms with Gasteiger partial charge in [-0.15, -0.1) is 0 Å². The molecule has 1 amide bonds. The molecule has 0 radical (unpaired) electrons. The lowest BCUT2D eigenvalue weighted by atomic mass is 9.64. The quantitative estimate of drug-likeness (QED) is 0.167. The molecule has 1 aliphatic heterocycles. The lowest BCUT2D eigenvalue weighted by Crippen LogP contribution is -2.49. The molecule has 0 N–H and O–H groups in total. The minimum Gasteiger partial charge on any atom is -0.493 e. The molecule has 49 heavy (non-hydrogen) atoms. The van der Waals surface area contributed by atoms with Crippen LogP contribution in [-0.4, -0.2) is 77.9 Å². The van der Waals surface area contributed by atoms with E-state index in [1.807, 2.05) is 73.3 Å². The van der Waals surface area contributed by atoms with Crippen molar-refractivity contribution in [1.82, 2.24) is 9.80 Å². The Hall–Kier alpha value is -3.35. The van der Waals surface area contributed by atoms with Gasteiger partial charge in [0, 0.05) is 82.6 Å². The first-order valence-electron chi connectivity index (χ1n) is 16.8. The molecule has 1 fully saturated rings. The molecule has 1 heterocycles. The van der Waals surface area contributed by atoms with E-state index in [9.17, 15) is 14.3 Å². The number of nitrogens with zero attached hydrogens (tertiary/aromatic N) is 3. The first-order chi connectivity index (χ1) is 23.4. The normalized spacial score (nSPS) is 16.6. The number of ether oxygens (including phenoxy) is 2. The van der Waals surface area contributed by atoms with Gasteiger partial charge in [0.25, 0.3) is 0 Å². The van der Waals surface area contributed by atoms with Gasteiger partial charge in [0.1, 0.15) is 17.6 Å². The Bertz CT molecular complexity index is 1700. The minimum absolute atomic E-state index is 0.00966. The molecule has 0 aromatic heterocycles. The van der Waals surface area contributed by atoms with E-state index in [-0.39, 0.29) is 18.2 Å². The van der Waals surface area contributed by atoms with Crippen molar-refractivity contribution in [2.45, 2.75) is 52.4 Å². The van der Waals surface area contributed by atoms with E-state index < -0.39 is 16.2 Å². The number of piperazine rings is 1. The molecule has 0 spiro atoms. The second kappa shape index (κ2) is 17.5. The van der Waals surface area contributed by atoms with E-state index in [2.05, 4.69) is 31.7 Å². The van der Waals surface area contributed by atoms with Gasteiger partial charge in [-0.3, -0.25) is 13.9 Å². The van der Waals surface area contributed by atoms with Crippen molar-refractivity contribution in [2.24, 2.45) is 0 Å². The van der Waals surface area contributed by atoms with Crippen molar-refractivity contribution in [3.8, 4) is 17.6 Å². The van der Waals surface area contributed by atoms with E-state index in [1.54, 1.807) is 12.3 Å². The van der Waals surface area contributed by atoms with E-state index in [1.165, 1.54) is 0 Å². The molecule has 262 valence electrons. The Morgan fingerprint density at radius 3 is 2.08 bits per heavy atom. The molecule has 3 atom stereocenters. The second-order valence-electron chi connectivity index (χ2n) is 12.6. The summed E-state index contributed by atoms with van der Waals surface area (Å²) in [5.74, 6) is 1.55. The van der Waals surface area contributed by atoms with Gasteiger partial charge in [-0.05, 0) is 73.7 Å². The zero-order valence-electron chi connectivity index (χ0n) is 29.4. The van der Waals surface area contributed by atoms with Gasteiger partial charge in [0.2, 0.25) is 5.91 Å². The summed E-state index contributed by atoms with van der Waals surface area (Å²) in [5.41, 5.74) is 4.42. The minimum atomic E-state index is -0.859. The van der Waals surface area contributed by atoms with Crippen LogP contribution in [0.1, 0.15) is 69.2 Å². The van der Waals surface area contributed by atoms with Gasteiger partial charge in [-0.1, -0.05) is 66.9 Å². The lowest BCUT2D eigenvalue weighted by molar-refractivity contribution is -0.131. The van der Waals surface area contributed by atoms with Crippen molar-refractivity contribution in [1.29, 1.82) is 5.26 Å². The van der Waals surface area contributed by atoms with E-state index in [4.69, 9.17) is 32.7 Å². The fourth-order valence-electron chi connectivity index (χ4n) is 6.59. The third kappa shape index (κ3) is 9.26. The van der Waals surface area contributed by atoms with Crippen molar-refractivity contribution in [2.75, 3.05) is 57.9 Å². The lowest BCUT2D eigenvalue weighted by Gasteiger charge is -2.40. The van der Waals surface area contributed by atoms with Crippen LogP contribution in [0, 0.1) is 11.3 Å². The van der Waals surface area contributed by atoms with Gasteiger partial charge in [-0.25, -0.2) is 0 Å². The summed E-state index contributed by atoms with van der Waals surface area (Å²) in [5, 5.41) is 11.3. The number of rotatable bonds is 14. The fourth-order valence-corrected chi connectivity index (χ4v) is 7.36. The molecule has 3 aromatic rings. The van der Waals surface area contributed by atoms with E-state index in [0.717, 1.165) is 47.5 Å². The number of allylic oxidation sites excluding steroid dienone is 1. The summed E-state index contributed by atoms with van der Waals surface area (Å²) in [7, 11) is -0.859. The number of halogens is 2. The summed E-state index contributed by atoms with van der Waals surface area (Å²) < 4.78 is 23.8. The number of nitriles is 1. The molecule has 0 saturated carbocycles. The van der Waals surface area contributed by atoms with Gasteiger partial charge >= 0.3 is 0 Å². The van der Waals surface area contributed by atoms with E-state index in [0.29, 0.717) is 59.2 Å². The van der Waals surface area contributed by atoms with Crippen LogP contribution in [0.5, 0.6) is 11.5 Å². The SMILES string of the molecule is CCOc1cc(/C(CC(=O)N2CCN(CCS(C)=O)CC2)=C(\C)[C@@](C)(c2ccc(Cl)cc2)C(C)c2ccc(Cl)cc2)c(OCC)cc1C#N. The number of hydrogen-bond donors (Lipinski definition) is 0.